The quantitative estimate of drug-likeness (QED) is 0.729. The van der Waals surface area contributed by atoms with Gasteiger partial charge in [0.25, 0.3) is 0 Å². The fraction of sp³-hybridized carbons (Fsp3) is 0.0667. The molecule has 0 atom stereocenters. The highest BCUT2D eigenvalue weighted by Gasteiger charge is 2.20. The third-order valence-corrected chi connectivity index (χ3v) is 3.60. The Morgan fingerprint density at radius 1 is 1.41 bits per heavy atom. The van der Waals surface area contributed by atoms with Crippen LogP contribution in [0, 0.1) is 5.82 Å². The molecule has 3 rings (SSSR count). The Balaban J connectivity index is 2.24. The van der Waals surface area contributed by atoms with E-state index in [1.54, 1.807) is 12.1 Å². The van der Waals surface area contributed by atoms with Gasteiger partial charge in [-0.25, -0.2) is 14.2 Å². The molecule has 2 heterocycles. The molecule has 0 unspecified atom stereocenters. The number of carbonyl (C=O) groups is 1. The number of pyridine rings is 1. The summed E-state index contributed by atoms with van der Waals surface area (Å²) in [5, 5.41) is 0.589. The zero-order valence-corrected chi connectivity index (χ0v) is 12.1. The van der Waals surface area contributed by atoms with Gasteiger partial charge in [0.2, 0.25) is 0 Å². The number of ether oxygens (including phenoxy) is 1. The highest BCUT2D eigenvalue weighted by Crippen LogP contribution is 2.32. The lowest BCUT2D eigenvalue weighted by Crippen LogP contribution is -2.08. The summed E-state index contributed by atoms with van der Waals surface area (Å²) in [6, 6.07) is 6.25. The topological polar surface area (TPSA) is 78.3 Å². The highest BCUT2D eigenvalue weighted by molar-refractivity contribution is 6.35. The van der Waals surface area contributed by atoms with Crippen LogP contribution in [0.4, 0.5) is 10.1 Å². The van der Waals surface area contributed by atoms with E-state index in [1.807, 2.05) is 0 Å². The molecule has 0 bridgehead atoms. The predicted molar refractivity (Wildman–Crippen MR) is 80.2 cm³/mol. The number of nitrogens with zero attached hydrogens (tertiary/aromatic N) is 1. The summed E-state index contributed by atoms with van der Waals surface area (Å²) in [6.07, 6.45) is 1.39. The first kappa shape index (κ1) is 14.3. The number of halogens is 2. The van der Waals surface area contributed by atoms with Gasteiger partial charge in [-0.3, -0.25) is 0 Å². The first-order valence-electron chi connectivity index (χ1n) is 6.23. The van der Waals surface area contributed by atoms with Gasteiger partial charge in [-0.2, -0.15) is 0 Å². The molecule has 112 valence electrons. The van der Waals surface area contributed by atoms with Gasteiger partial charge in [0.15, 0.2) is 17.1 Å². The fourth-order valence-electron chi connectivity index (χ4n) is 2.11. The molecule has 0 radical (unpaired) electrons. The van der Waals surface area contributed by atoms with Crippen molar-refractivity contribution < 1.29 is 18.3 Å². The van der Waals surface area contributed by atoms with Crippen molar-refractivity contribution in [2.45, 2.75) is 0 Å². The van der Waals surface area contributed by atoms with Crippen molar-refractivity contribution in [2.24, 2.45) is 0 Å². The molecule has 0 amide bonds. The molecule has 1 aromatic carbocycles. The number of furan rings is 1. The molecule has 2 aromatic heterocycles. The fourth-order valence-corrected chi connectivity index (χ4v) is 2.29. The van der Waals surface area contributed by atoms with Gasteiger partial charge in [-0.15, -0.1) is 0 Å². The van der Waals surface area contributed by atoms with Crippen LogP contribution in [0.15, 0.2) is 34.9 Å². The first-order valence-corrected chi connectivity index (χ1v) is 6.61. The standard InChI is InChI=1S/C15H10ClFN2O3/c1-21-15(20)13-11(16)9(18)6-10(19-13)8-3-2-7-4-5-22-14(7)12(8)17/h2-6H,1H3,(H2,18,19). The molecular weight excluding hydrogens is 311 g/mol. The Bertz CT molecular complexity index is 892. The molecule has 0 saturated heterocycles. The maximum Gasteiger partial charge on any atom is 0.358 e. The molecule has 0 saturated carbocycles. The second-order valence-electron chi connectivity index (χ2n) is 4.52. The second-order valence-corrected chi connectivity index (χ2v) is 4.89. The van der Waals surface area contributed by atoms with Crippen LogP contribution < -0.4 is 5.73 Å². The molecule has 3 aromatic rings. The van der Waals surface area contributed by atoms with Crippen molar-refractivity contribution in [1.29, 1.82) is 0 Å². The average Bonchev–Trinajstić information content (AvgIpc) is 2.99. The molecule has 0 aliphatic carbocycles. The number of nitrogen functional groups attached to an aromatic ring is 1. The number of benzene rings is 1. The summed E-state index contributed by atoms with van der Waals surface area (Å²) in [5.41, 5.74) is 6.12. The van der Waals surface area contributed by atoms with E-state index in [0.717, 1.165) is 0 Å². The van der Waals surface area contributed by atoms with E-state index >= 15 is 0 Å². The zero-order chi connectivity index (χ0) is 15.9. The van der Waals surface area contributed by atoms with Crippen LogP contribution in [-0.2, 0) is 4.74 Å². The molecule has 0 spiro atoms. The van der Waals surface area contributed by atoms with E-state index in [9.17, 15) is 9.18 Å². The van der Waals surface area contributed by atoms with E-state index in [0.29, 0.717) is 5.39 Å². The Hall–Kier alpha value is -2.60. The number of rotatable bonds is 2. The second kappa shape index (κ2) is 5.31. The van der Waals surface area contributed by atoms with Gasteiger partial charge in [0.1, 0.15) is 0 Å². The van der Waals surface area contributed by atoms with E-state index in [-0.39, 0.29) is 33.2 Å². The summed E-state index contributed by atoms with van der Waals surface area (Å²) >= 11 is 5.94. The van der Waals surface area contributed by atoms with Crippen molar-refractivity contribution in [3.8, 4) is 11.3 Å². The van der Waals surface area contributed by atoms with Crippen LogP contribution in [0.3, 0.4) is 0 Å². The average molecular weight is 321 g/mol. The number of anilines is 1. The van der Waals surface area contributed by atoms with Gasteiger partial charge in [-0.1, -0.05) is 17.7 Å². The summed E-state index contributed by atoms with van der Waals surface area (Å²) in [5.74, 6) is -1.34. The van der Waals surface area contributed by atoms with Crippen molar-refractivity contribution >= 4 is 34.2 Å². The lowest BCUT2D eigenvalue weighted by Gasteiger charge is -2.09. The lowest BCUT2D eigenvalue weighted by molar-refractivity contribution is 0.0594. The Morgan fingerprint density at radius 2 is 2.18 bits per heavy atom. The van der Waals surface area contributed by atoms with Crippen LogP contribution in [0.5, 0.6) is 0 Å². The Labute approximate surface area is 129 Å². The smallest absolute Gasteiger partial charge is 0.358 e. The molecule has 22 heavy (non-hydrogen) atoms. The van der Waals surface area contributed by atoms with Crippen LogP contribution in [0.1, 0.15) is 10.5 Å². The maximum atomic E-state index is 14.5. The van der Waals surface area contributed by atoms with E-state index in [1.165, 1.54) is 25.5 Å². The van der Waals surface area contributed by atoms with Crippen LogP contribution in [0.2, 0.25) is 5.02 Å². The first-order chi connectivity index (χ1) is 10.5. The van der Waals surface area contributed by atoms with Crippen molar-refractivity contribution in [3.63, 3.8) is 0 Å². The minimum atomic E-state index is -0.752. The summed E-state index contributed by atoms with van der Waals surface area (Å²) < 4.78 is 24.2. The number of nitrogens with two attached hydrogens (primary N) is 1. The third-order valence-electron chi connectivity index (χ3n) is 3.20. The number of hydrogen-bond donors (Lipinski definition) is 1. The lowest BCUT2D eigenvalue weighted by atomic mass is 10.1. The molecule has 0 fully saturated rings. The van der Waals surface area contributed by atoms with Gasteiger partial charge < -0.3 is 14.9 Å². The van der Waals surface area contributed by atoms with Crippen LogP contribution in [0.25, 0.3) is 22.2 Å². The molecule has 5 nitrogen and oxygen atoms in total. The molecule has 0 aliphatic rings. The molecular formula is C15H10ClFN2O3. The van der Waals surface area contributed by atoms with E-state index in [4.69, 9.17) is 21.8 Å². The maximum absolute atomic E-state index is 14.5. The van der Waals surface area contributed by atoms with Gasteiger partial charge in [0, 0.05) is 10.9 Å². The minimum Gasteiger partial charge on any atom is -0.464 e. The summed E-state index contributed by atoms with van der Waals surface area (Å²) in [6.45, 7) is 0. The van der Waals surface area contributed by atoms with Gasteiger partial charge >= 0.3 is 5.97 Å². The van der Waals surface area contributed by atoms with Gasteiger partial charge in [-0.05, 0) is 18.2 Å². The van der Waals surface area contributed by atoms with Crippen molar-refractivity contribution in [1.82, 2.24) is 4.98 Å². The minimum absolute atomic E-state index is 0.0323. The number of hydrogen-bond acceptors (Lipinski definition) is 5. The van der Waals surface area contributed by atoms with Crippen LogP contribution in [-0.4, -0.2) is 18.1 Å². The van der Waals surface area contributed by atoms with Gasteiger partial charge in [0.05, 0.1) is 29.8 Å². The molecule has 0 aliphatic heterocycles. The molecule has 7 heteroatoms. The molecule has 2 N–H and O–H groups in total. The SMILES string of the molecule is COC(=O)c1nc(-c2ccc3ccoc3c2F)cc(N)c1Cl. The Morgan fingerprint density at radius 3 is 2.91 bits per heavy atom. The number of esters is 1. The van der Waals surface area contributed by atoms with E-state index in [2.05, 4.69) is 9.72 Å². The predicted octanol–water partition coefficient (Wildman–Crippen LogP) is 3.66. The number of carbonyl (C=O) groups excluding carboxylic acids is 1. The number of aromatic nitrogens is 1. The number of methoxy groups -OCH3 is 1. The largest absolute Gasteiger partial charge is 0.464 e. The number of fused-ring (bicyclic) bond motifs is 1. The Kier molecular flexibility index (Phi) is 3.46. The monoisotopic (exact) mass is 320 g/mol. The zero-order valence-electron chi connectivity index (χ0n) is 11.4. The summed E-state index contributed by atoms with van der Waals surface area (Å²) in [4.78, 5) is 15.7. The van der Waals surface area contributed by atoms with Crippen molar-refractivity contribution in [3.05, 3.63) is 47.1 Å². The van der Waals surface area contributed by atoms with Crippen LogP contribution >= 0.6 is 11.6 Å². The normalized spacial score (nSPS) is 10.9. The third kappa shape index (κ3) is 2.17. The highest BCUT2D eigenvalue weighted by atomic mass is 35.5. The summed E-state index contributed by atoms with van der Waals surface area (Å²) in [7, 11) is 1.19. The van der Waals surface area contributed by atoms with E-state index < -0.39 is 11.8 Å². The van der Waals surface area contributed by atoms with Crippen molar-refractivity contribution in [2.75, 3.05) is 12.8 Å².